The molecule has 0 bridgehead atoms. The highest BCUT2D eigenvalue weighted by molar-refractivity contribution is 9.10. The van der Waals surface area contributed by atoms with E-state index < -0.39 is 0 Å². The third kappa shape index (κ3) is 6.34. The van der Waals surface area contributed by atoms with Crippen LogP contribution in [0.2, 0.25) is 0 Å². The molecule has 0 amide bonds. The van der Waals surface area contributed by atoms with Crippen LogP contribution in [0.25, 0.3) is 0 Å². The Kier molecular flexibility index (Phi) is 6.96. The first-order chi connectivity index (χ1) is 10.1. The summed E-state index contributed by atoms with van der Waals surface area (Å²) in [6.07, 6.45) is 0.627. The zero-order chi connectivity index (χ0) is 15.1. The average Bonchev–Trinajstić information content (AvgIpc) is 2.42. The van der Waals surface area contributed by atoms with Crippen molar-refractivity contribution in [1.82, 2.24) is 4.90 Å². The lowest BCUT2D eigenvalue weighted by atomic mass is 10.2. The molecular formula is C16H24BrNO3. The van der Waals surface area contributed by atoms with Gasteiger partial charge in [0.2, 0.25) is 0 Å². The van der Waals surface area contributed by atoms with Crippen molar-refractivity contribution in [3.8, 4) is 5.75 Å². The van der Waals surface area contributed by atoms with Crippen LogP contribution in [-0.4, -0.2) is 56.6 Å². The molecule has 118 valence electrons. The molecule has 2 atom stereocenters. The second-order valence-corrected chi connectivity index (χ2v) is 6.35. The first kappa shape index (κ1) is 16.7. The van der Waals surface area contributed by atoms with Crippen molar-refractivity contribution in [3.63, 3.8) is 0 Å². The molecule has 0 saturated carbocycles. The Hall–Kier alpha value is -0.620. The topological polar surface area (TPSA) is 30.9 Å². The Labute approximate surface area is 135 Å². The molecule has 1 saturated heterocycles. The van der Waals surface area contributed by atoms with Crippen molar-refractivity contribution >= 4 is 15.9 Å². The molecule has 0 radical (unpaired) electrons. The fraction of sp³-hybridized carbons (Fsp3) is 0.625. The number of ether oxygens (including phenoxy) is 3. The number of hydrogen-bond donors (Lipinski definition) is 0. The van der Waals surface area contributed by atoms with E-state index in [0.717, 1.165) is 36.5 Å². The van der Waals surface area contributed by atoms with E-state index in [1.54, 1.807) is 0 Å². The van der Waals surface area contributed by atoms with Gasteiger partial charge in [-0.15, -0.1) is 0 Å². The van der Waals surface area contributed by atoms with Gasteiger partial charge in [-0.05, 0) is 32.0 Å². The summed E-state index contributed by atoms with van der Waals surface area (Å²) in [4.78, 5) is 2.40. The summed E-state index contributed by atoms with van der Waals surface area (Å²) < 4.78 is 18.0. The number of nitrogens with zero attached hydrogens (tertiary/aromatic N) is 1. The molecule has 1 fully saturated rings. The number of rotatable bonds is 7. The maximum Gasteiger partial charge on any atom is 0.120 e. The van der Waals surface area contributed by atoms with Crippen molar-refractivity contribution in [1.29, 1.82) is 0 Å². The number of halogens is 1. The van der Waals surface area contributed by atoms with Crippen molar-refractivity contribution in [3.05, 3.63) is 28.7 Å². The van der Waals surface area contributed by atoms with Crippen LogP contribution in [-0.2, 0) is 9.47 Å². The standard InChI is InChI=1S/C16H24BrNO3/c1-13-11-18(12-14(2)21-13)6-7-19-8-9-20-16-5-3-4-15(17)10-16/h3-5,10,13-14H,6-9,11-12H2,1-2H3/t13-,14-/m0/s1. The van der Waals surface area contributed by atoms with E-state index in [1.807, 2.05) is 24.3 Å². The second kappa shape index (κ2) is 8.73. The summed E-state index contributed by atoms with van der Waals surface area (Å²) in [6.45, 7) is 9.10. The first-order valence-electron chi connectivity index (χ1n) is 7.47. The third-order valence-corrected chi connectivity index (χ3v) is 3.83. The average molecular weight is 358 g/mol. The van der Waals surface area contributed by atoms with Gasteiger partial charge in [0.05, 0.1) is 25.4 Å². The van der Waals surface area contributed by atoms with Gasteiger partial charge in [0.15, 0.2) is 0 Å². The van der Waals surface area contributed by atoms with Crippen LogP contribution in [0, 0.1) is 0 Å². The largest absolute Gasteiger partial charge is 0.491 e. The van der Waals surface area contributed by atoms with Crippen LogP contribution in [0.1, 0.15) is 13.8 Å². The zero-order valence-corrected chi connectivity index (χ0v) is 14.3. The van der Waals surface area contributed by atoms with Gasteiger partial charge in [-0.1, -0.05) is 22.0 Å². The van der Waals surface area contributed by atoms with Crippen LogP contribution in [0.3, 0.4) is 0 Å². The molecule has 0 unspecified atom stereocenters. The van der Waals surface area contributed by atoms with Gasteiger partial charge in [0.1, 0.15) is 12.4 Å². The maximum absolute atomic E-state index is 5.71. The highest BCUT2D eigenvalue weighted by Gasteiger charge is 2.21. The molecule has 0 N–H and O–H groups in total. The monoisotopic (exact) mass is 357 g/mol. The molecule has 1 aliphatic rings. The minimum Gasteiger partial charge on any atom is -0.491 e. The number of hydrogen-bond acceptors (Lipinski definition) is 4. The molecule has 5 heteroatoms. The summed E-state index contributed by atoms with van der Waals surface area (Å²) in [6, 6.07) is 7.84. The van der Waals surface area contributed by atoms with E-state index in [9.17, 15) is 0 Å². The van der Waals surface area contributed by atoms with E-state index in [2.05, 4.69) is 34.7 Å². The van der Waals surface area contributed by atoms with Crippen LogP contribution < -0.4 is 4.74 Å². The lowest BCUT2D eigenvalue weighted by molar-refractivity contribution is -0.0734. The molecule has 1 aromatic carbocycles. The summed E-state index contributed by atoms with van der Waals surface area (Å²) in [5.41, 5.74) is 0. The quantitative estimate of drug-likeness (QED) is 0.702. The van der Waals surface area contributed by atoms with Crippen molar-refractivity contribution in [2.24, 2.45) is 0 Å². The summed E-state index contributed by atoms with van der Waals surface area (Å²) in [5.74, 6) is 0.865. The first-order valence-corrected chi connectivity index (χ1v) is 8.26. The highest BCUT2D eigenvalue weighted by Crippen LogP contribution is 2.17. The Morgan fingerprint density at radius 3 is 2.67 bits per heavy atom. The molecule has 1 heterocycles. The molecule has 1 aromatic rings. The molecule has 2 rings (SSSR count). The maximum atomic E-state index is 5.71. The van der Waals surface area contributed by atoms with E-state index >= 15 is 0 Å². The van der Waals surface area contributed by atoms with Crippen LogP contribution in [0.15, 0.2) is 28.7 Å². The van der Waals surface area contributed by atoms with Crippen molar-refractivity contribution in [2.75, 3.05) is 39.5 Å². The predicted molar refractivity (Wildman–Crippen MR) is 86.9 cm³/mol. The van der Waals surface area contributed by atoms with Crippen LogP contribution in [0.4, 0.5) is 0 Å². The van der Waals surface area contributed by atoms with E-state index in [4.69, 9.17) is 14.2 Å². The van der Waals surface area contributed by atoms with Gasteiger partial charge in [-0.3, -0.25) is 4.90 Å². The van der Waals surface area contributed by atoms with E-state index in [-0.39, 0.29) is 0 Å². The van der Waals surface area contributed by atoms with Gasteiger partial charge in [-0.2, -0.15) is 0 Å². The molecule has 0 aliphatic carbocycles. The fourth-order valence-corrected chi connectivity index (χ4v) is 2.92. The molecule has 0 aromatic heterocycles. The normalized spacial score (nSPS) is 23.2. The van der Waals surface area contributed by atoms with Gasteiger partial charge >= 0.3 is 0 Å². The predicted octanol–water partition coefficient (Wildman–Crippen LogP) is 2.95. The number of morpholine rings is 1. The van der Waals surface area contributed by atoms with Crippen molar-refractivity contribution in [2.45, 2.75) is 26.1 Å². The fourth-order valence-electron chi connectivity index (χ4n) is 2.54. The second-order valence-electron chi connectivity index (χ2n) is 5.44. The van der Waals surface area contributed by atoms with Crippen LogP contribution >= 0.6 is 15.9 Å². The van der Waals surface area contributed by atoms with Crippen LogP contribution in [0.5, 0.6) is 5.75 Å². The van der Waals surface area contributed by atoms with E-state index in [1.165, 1.54) is 0 Å². The molecule has 1 aliphatic heterocycles. The number of benzene rings is 1. The van der Waals surface area contributed by atoms with Crippen molar-refractivity contribution < 1.29 is 14.2 Å². The molecule has 4 nitrogen and oxygen atoms in total. The lowest BCUT2D eigenvalue weighted by Gasteiger charge is -2.35. The Balaban J connectivity index is 1.54. The lowest BCUT2D eigenvalue weighted by Crippen LogP contribution is -2.46. The molecular weight excluding hydrogens is 334 g/mol. The Bertz CT molecular complexity index is 420. The summed E-state index contributed by atoms with van der Waals surface area (Å²) in [5, 5.41) is 0. The molecule has 21 heavy (non-hydrogen) atoms. The minimum atomic E-state index is 0.314. The molecule has 0 spiro atoms. The van der Waals surface area contributed by atoms with Gasteiger partial charge in [0, 0.05) is 24.1 Å². The highest BCUT2D eigenvalue weighted by atomic mass is 79.9. The van der Waals surface area contributed by atoms with Gasteiger partial charge in [0.25, 0.3) is 0 Å². The smallest absolute Gasteiger partial charge is 0.120 e. The summed E-state index contributed by atoms with van der Waals surface area (Å²) in [7, 11) is 0. The van der Waals surface area contributed by atoms with Gasteiger partial charge < -0.3 is 14.2 Å². The Morgan fingerprint density at radius 2 is 1.95 bits per heavy atom. The Morgan fingerprint density at radius 1 is 1.19 bits per heavy atom. The summed E-state index contributed by atoms with van der Waals surface area (Å²) >= 11 is 3.42. The SMILES string of the molecule is C[C@H]1CN(CCOCCOc2cccc(Br)c2)C[C@H](C)O1. The van der Waals surface area contributed by atoms with Gasteiger partial charge in [-0.25, -0.2) is 0 Å². The third-order valence-electron chi connectivity index (χ3n) is 3.34. The minimum absolute atomic E-state index is 0.314. The van der Waals surface area contributed by atoms with E-state index in [0.29, 0.717) is 25.4 Å². The zero-order valence-electron chi connectivity index (χ0n) is 12.8.